The van der Waals surface area contributed by atoms with Crippen LogP contribution >= 0.6 is 0 Å². The number of nitrogens with zero attached hydrogens (tertiary/aromatic N) is 2. The zero-order valence-electron chi connectivity index (χ0n) is 18.7. The van der Waals surface area contributed by atoms with Crippen LogP contribution in [0.2, 0.25) is 0 Å². The quantitative estimate of drug-likeness (QED) is 0.464. The van der Waals surface area contributed by atoms with Gasteiger partial charge < -0.3 is 10.3 Å². The monoisotopic (exact) mass is 436 g/mol. The van der Waals surface area contributed by atoms with Crippen LogP contribution in [-0.4, -0.2) is 27.4 Å². The molecule has 0 bridgehead atoms. The lowest BCUT2D eigenvalue weighted by Gasteiger charge is -2.31. The summed E-state index contributed by atoms with van der Waals surface area (Å²) < 4.78 is 0. The highest BCUT2D eigenvalue weighted by molar-refractivity contribution is 5.90. The standard InChI is InChI=1S/C28H28N4O/c33-27(19-6-1-2-7-19)30-17-28(15-21-8-3-4-9-22(21)16-28)23-11-5-10-20(14-23)25-24-12-13-29-26(24)32-18-31-25/h3-5,8-14,18-19H,1-2,6-7,15-17H2,(H,30,33)(H,29,31,32). The molecule has 2 aliphatic carbocycles. The number of fused-ring (bicyclic) bond motifs is 2. The molecule has 2 aromatic carbocycles. The van der Waals surface area contributed by atoms with Crippen molar-refractivity contribution in [3.05, 3.63) is 83.8 Å². The third-order valence-corrected chi connectivity index (χ3v) is 7.61. The summed E-state index contributed by atoms with van der Waals surface area (Å²) in [4.78, 5) is 25.0. The van der Waals surface area contributed by atoms with Crippen molar-refractivity contribution >= 4 is 16.9 Å². The van der Waals surface area contributed by atoms with Gasteiger partial charge in [0.05, 0.1) is 5.69 Å². The fourth-order valence-corrected chi connectivity index (χ4v) is 5.81. The molecule has 0 atom stereocenters. The Hall–Kier alpha value is -3.47. The van der Waals surface area contributed by atoms with Gasteiger partial charge in [0, 0.05) is 35.0 Å². The molecule has 2 heterocycles. The highest BCUT2D eigenvalue weighted by atomic mass is 16.1. The Labute approximate surface area is 193 Å². The Bertz CT molecular complexity index is 1290. The third kappa shape index (κ3) is 3.62. The average Bonchev–Trinajstić information content (AvgIpc) is 3.62. The number of H-pyrrole nitrogens is 1. The Morgan fingerprint density at radius 1 is 1.00 bits per heavy atom. The molecule has 33 heavy (non-hydrogen) atoms. The number of rotatable bonds is 5. The number of aromatic amines is 1. The van der Waals surface area contributed by atoms with Crippen LogP contribution in [0.4, 0.5) is 0 Å². The van der Waals surface area contributed by atoms with Crippen LogP contribution in [0.1, 0.15) is 42.4 Å². The van der Waals surface area contributed by atoms with E-state index in [-0.39, 0.29) is 17.2 Å². The number of aromatic nitrogens is 3. The van der Waals surface area contributed by atoms with Crippen LogP contribution in [0.25, 0.3) is 22.3 Å². The van der Waals surface area contributed by atoms with Gasteiger partial charge in [0.2, 0.25) is 5.91 Å². The van der Waals surface area contributed by atoms with E-state index in [2.05, 4.69) is 68.8 Å². The normalized spacial score (nSPS) is 17.3. The van der Waals surface area contributed by atoms with Crippen LogP contribution in [0.3, 0.4) is 0 Å². The van der Waals surface area contributed by atoms with Crippen LogP contribution in [-0.2, 0) is 23.1 Å². The lowest BCUT2D eigenvalue weighted by Crippen LogP contribution is -2.43. The van der Waals surface area contributed by atoms with E-state index in [1.807, 2.05) is 12.3 Å². The van der Waals surface area contributed by atoms with Crippen molar-refractivity contribution in [1.82, 2.24) is 20.3 Å². The number of carbonyl (C=O) groups is 1. The fourth-order valence-electron chi connectivity index (χ4n) is 5.81. The van der Waals surface area contributed by atoms with E-state index in [9.17, 15) is 4.79 Å². The molecule has 166 valence electrons. The van der Waals surface area contributed by atoms with E-state index in [0.717, 1.165) is 48.0 Å². The molecule has 4 aromatic rings. The van der Waals surface area contributed by atoms with Gasteiger partial charge in [-0.05, 0) is 54.5 Å². The summed E-state index contributed by atoms with van der Waals surface area (Å²) >= 11 is 0. The van der Waals surface area contributed by atoms with E-state index in [0.29, 0.717) is 6.54 Å². The maximum Gasteiger partial charge on any atom is 0.223 e. The van der Waals surface area contributed by atoms with E-state index in [1.165, 1.54) is 29.5 Å². The van der Waals surface area contributed by atoms with Gasteiger partial charge in [-0.2, -0.15) is 0 Å². The summed E-state index contributed by atoms with van der Waals surface area (Å²) in [5, 5.41) is 4.38. The number of amides is 1. The number of nitrogens with one attached hydrogen (secondary N) is 2. The molecule has 2 aliphatic rings. The topological polar surface area (TPSA) is 70.7 Å². The maximum absolute atomic E-state index is 12.9. The molecule has 2 N–H and O–H groups in total. The van der Waals surface area contributed by atoms with Crippen molar-refractivity contribution in [3.8, 4) is 11.3 Å². The van der Waals surface area contributed by atoms with Gasteiger partial charge in [-0.15, -0.1) is 0 Å². The minimum Gasteiger partial charge on any atom is -0.355 e. The first kappa shape index (κ1) is 20.2. The van der Waals surface area contributed by atoms with Crippen LogP contribution in [0.15, 0.2) is 67.1 Å². The largest absolute Gasteiger partial charge is 0.355 e. The molecule has 2 aromatic heterocycles. The molecule has 1 amide bonds. The molecule has 5 nitrogen and oxygen atoms in total. The van der Waals surface area contributed by atoms with Gasteiger partial charge >= 0.3 is 0 Å². The summed E-state index contributed by atoms with van der Waals surface area (Å²) in [6.07, 6.45) is 9.77. The lowest BCUT2D eigenvalue weighted by atomic mass is 9.76. The highest BCUT2D eigenvalue weighted by Crippen LogP contribution is 2.41. The first-order valence-corrected chi connectivity index (χ1v) is 12.0. The van der Waals surface area contributed by atoms with Gasteiger partial charge in [-0.1, -0.05) is 55.3 Å². The Kier molecular flexibility index (Phi) is 4.97. The third-order valence-electron chi connectivity index (χ3n) is 7.61. The van der Waals surface area contributed by atoms with Gasteiger partial charge in [-0.25, -0.2) is 9.97 Å². The molecule has 5 heteroatoms. The van der Waals surface area contributed by atoms with E-state index < -0.39 is 0 Å². The van der Waals surface area contributed by atoms with Gasteiger partial charge in [0.25, 0.3) is 0 Å². The first-order valence-electron chi connectivity index (χ1n) is 12.0. The van der Waals surface area contributed by atoms with E-state index in [1.54, 1.807) is 6.33 Å². The second-order valence-corrected chi connectivity index (χ2v) is 9.64. The minimum atomic E-state index is -0.155. The molecule has 0 saturated heterocycles. The van der Waals surface area contributed by atoms with Crippen molar-refractivity contribution in [3.63, 3.8) is 0 Å². The molecule has 6 rings (SSSR count). The Balaban J connectivity index is 1.37. The molecule has 1 fully saturated rings. The zero-order valence-corrected chi connectivity index (χ0v) is 18.7. The molecule has 1 saturated carbocycles. The molecular weight excluding hydrogens is 408 g/mol. The predicted molar refractivity (Wildman–Crippen MR) is 130 cm³/mol. The second-order valence-electron chi connectivity index (χ2n) is 9.64. The molecule has 0 unspecified atom stereocenters. The predicted octanol–water partition coefficient (Wildman–Crippen LogP) is 4.97. The van der Waals surface area contributed by atoms with Crippen molar-refractivity contribution in [1.29, 1.82) is 0 Å². The summed E-state index contributed by atoms with van der Waals surface area (Å²) in [5.41, 5.74) is 6.72. The van der Waals surface area contributed by atoms with Gasteiger partial charge in [0.15, 0.2) is 0 Å². The van der Waals surface area contributed by atoms with Crippen molar-refractivity contribution in [2.24, 2.45) is 5.92 Å². The van der Waals surface area contributed by atoms with Crippen LogP contribution in [0, 0.1) is 5.92 Å². The zero-order chi connectivity index (χ0) is 22.3. The molecule has 0 aliphatic heterocycles. The second kappa shape index (κ2) is 8.14. The smallest absolute Gasteiger partial charge is 0.223 e. The number of hydrogen-bond acceptors (Lipinski definition) is 3. The maximum atomic E-state index is 12.9. The summed E-state index contributed by atoms with van der Waals surface area (Å²) in [7, 11) is 0. The van der Waals surface area contributed by atoms with Crippen molar-refractivity contribution in [2.75, 3.05) is 6.54 Å². The summed E-state index contributed by atoms with van der Waals surface area (Å²) in [6, 6.07) is 19.4. The first-order chi connectivity index (χ1) is 16.2. The molecule has 0 spiro atoms. The molecular formula is C28H28N4O. The fraction of sp³-hybridized carbons (Fsp3) is 0.321. The number of carbonyl (C=O) groups excluding carboxylic acids is 1. The Morgan fingerprint density at radius 3 is 2.58 bits per heavy atom. The van der Waals surface area contributed by atoms with Gasteiger partial charge in [0.1, 0.15) is 12.0 Å². The van der Waals surface area contributed by atoms with Crippen LogP contribution in [0.5, 0.6) is 0 Å². The van der Waals surface area contributed by atoms with Crippen molar-refractivity contribution in [2.45, 2.75) is 43.9 Å². The van der Waals surface area contributed by atoms with Crippen molar-refractivity contribution < 1.29 is 4.79 Å². The number of benzene rings is 2. The van der Waals surface area contributed by atoms with E-state index in [4.69, 9.17) is 0 Å². The number of hydrogen-bond donors (Lipinski definition) is 2. The minimum absolute atomic E-state index is 0.155. The van der Waals surface area contributed by atoms with Gasteiger partial charge in [-0.3, -0.25) is 4.79 Å². The summed E-state index contributed by atoms with van der Waals surface area (Å²) in [5.74, 6) is 0.406. The average molecular weight is 437 g/mol. The Morgan fingerprint density at radius 2 is 1.79 bits per heavy atom. The summed E-state index contributed by atoms with van der Waals surface area (Å²) in [6.45, 7) is 0.657. The van der Waals surface area contributed by atoms with E-state index >= 15 is 0 Å². The van der Waals surface area contributed by atoms with Crippen LogP contribution < -0.4 is 5.32 Å². The lowest BCUT2D eigenvalue weighted by molar-refractivity contribution is -0.125. The highest BCUT2D eigenvalue weighted by Gasteiger charge is 2.39. The molecule has 0 radical (unpaired) electrons. The SMILES string of the molecule is O=C(NCC1(c2cccc(-c3ncnc4[nH]ccc34)c2)Cc2ccccc2C1)C1CCCC1.